The third-order valence-corrected chi connectivity index (χ3v) is 6.51. The van der Waals surface area contributed by atoms with Crippen molar-refractivity contribution in [2.24, 2.45) is 23.2 Å². The average Bonchev–Trinajstić information content (AvgIpc) is 2.26. The molecule has 0 radical (unpaired) electrons. The molecule has 4 heteroatoms. The fourth-order valence-electron chi connectivity index (χ4n) is 5.13. The summed E-state index contributed by atoms with van der Waals surface area (Å²) in [6.45, 7) is 0. The number of aliphatic carboxylic acids is 1. The molecule has 0 aliphatic heterocycles. The summed E-state index contributed by atoms with van der Waals surface area (Å²) in [7, 11) is 0. The van der Waals surface area contributed by atoms with E-state index in [4.69, 9.17) is 5.26 Å². The quantitative estimate of drug-likeness (QED) is 0.849. The molecule has 0 heterocycles. The highest BCUT2D eigenvalue weighted by Gasteiger charge is 2.56. The van der Waals surface area contributed by atoms with E-state index in [-0.39, 0.29) is 10.7 Å². The molecule has 0 aromatic carbocycles. The van der Waals surface area contributed by atoms with Crippen molar-refractivity contribution in [2.45, 2.75) is 43.8 Å². The molecule has 4 fully saturated rings. The molecule has 0 spiro atoms. The predicted octanol–water partition coefficient (Wildman–Crippen LogP) is 2.91. The lowest BCUT2D eigenvalue weighted by Gasteiger charge is -2.58. The second-order valence-corrected chi connectivity index (χ2v) is 7.56. The Balaban J connectivity index is 1.84. The van der Waals surface area contributed by atoms with Crippen molar-refractivity contribution in [3.8, 4) is 6.07 Å². The van der Waals surface area contributed by atoms with Gasteiger partial charge in [-0.1, -0.05) is 0 Å². The van der Waals surface area contributed by atoms with Gasteiger partial charge >= 0.3 is 5.97 Å². The SMILES string of the molecule is N#CCSC(C(=O)O)C12CC3CC(CC(C3)C1)C2. The number of carbonyl (C=O) groups is 1. The molecule has 4 aliphatic rings. The van der Waals surface area contributed by atoms with Crippen molar-refractivity contribution in [2.75, 3.05) is 5.75 Å². The Kier molecular flexibility index (Phi) is 3.05. The zero-order chi connectivity index (χ0) is 12.8. The summed E-state index contributed by atoms with van der Waals surface area (Å²) in [5.74, 6) is 1.90. The minimum absolute atomic E-state index is 0.00208. The normalized spacial score (nSPS) is 42.5. The number of nitrogens with zero attached hydrogens (tertiary/aromatic N) is 1. The number of carboxylic acid groups (broad SMARTS) is 1. The minimum atomic E-state index is -0.697. The highest BCUT2D eigenvalue weighted by molar-refractivity contribution is 8.00. The molecule has 1 unspecified atom stereocenters. The first-order valence-corrected chi connectivity index (χ1v) is 7.89. The summed E-state index contributed by atoms with van der Waals surface area (Å²) in [4.78, 5) is 11.6. The van der Waals surface area contributed by atoms with Gasteiger partial charge in [0.2, 0.25) is 0 Å². The highest BCUT2D eigenvalue weighted by Crippen LogP contribution is 2.62. The van der Waals surface area contributed by atoms with Gasteiger partial charge in [0.25, 0.3) is 0 Å². The van der Waals surface area contributed by atoms with E-state index >= 15 is 0 Å². The molecular weight excluding hydrogens is 246 g/mol. The van der Waals surface area contributed by atoms with E-state index in [9.17, 15) is 9.90 Å². The lowest BCUT2D eigenvalue weighted by Crippen LogP contribution is -2.52. The summed E-state index contributed by atoms with van der Waals surface area (Å²) in [5.41, 5.74) is 0.00208. The van der Waals surface area contributed by atoms with Crippen LogP contribution in [0.15, 0.2) is 0 Å². The molecule has 1 atom stereocenters. The molecular formula is C14H19NO2S. The number of hydrogen-bond donors (Lipinski definition) is 1. The van der Waals surface area contributed by atoms with Gasteiger partial charge in [0.1, 0.15) is 5.25 Å². The van der Waals surface area contributed by atoms with E-state index in [2.05, 4.69) is 6.07 Å². The molecule has 4 saturated carbocycles. The number of rotatable bonds is 4. The van der Waals surface area contributed by atoms with Crippen LogP contribution >= 0.6 is 11.8 Å². The molecule has 4 bridgehead atoms. The van der Waals surface area contributed by atoms with Crippen LogP contribution in [0.2, 0.25) is 0 Å². The molecule has 0 amide bonds. The minimum Gasteiger partial charge on any atom is -0.480 e. The zero-order valence-electron chi connectivity index (χ0n) is 10.5. The van der Waals surface area contributed by atoms with Crippen molar-refractivity contribution in [1.29, 1.82) is 5.26 Å². The van der Waals surface area contributed by atoms with Gasteiger partial charge in [0.05, 0.1) is 11.8 Å². The fourth-order valence-corrected chi connectivity index (χ4v) is 6.16. The molecule has 4 aliphatic carbocycles. The van der Waals surface area contributed by atoms with E-state index in [1.54, 1.807) is 0 Å². The monoisotopic (exact) mass is 265 g/mol. The Bertz CT molecular complexity index is 366. The Morgan fingerprint density at radius 3 is 2.17 bits per heavy atom. The summed E-state index contributed by atoms with van der Waals surface area (Å²) >= 11 is 1.36. The smallest absolute Gasteiger partial charge is 0.317 e. The lowest BCUT2D eigenvalue weighted by molar-refractivity contribution is -0.144. The van der Waals surface area contributed by atoms with Crippen molar-refractivity contribution in [1.82, 2.24) is 0 Å². The Labute approximate surface area is 112 Å². The van der Waals surface area contributed by atoms with Gasteiger partial charge in [0.15, 0.2) is 0 Å². The van der Waals surface area contributed by atoms with E-state index in [1.807, 2.05) is 0 Å². The van der Waals surface area contributed by atoms with Gasteiger partial charge in [-0.15, -0.1) is 11.8 Å². The van der Waals surface area contributed by atoms with Crippen LogP contribution in [0.3, 0.4) is 0 Å². The van der Waals surface area contributed by atoms with Crippen LogP contribution in [0.1, 0.15) is 38.5 Å². The first-order valence-electron chi connectivity index (χ1n) is 6.84. The first-order chi connectivity index (χ1) is 8.63. The molecule has 98 valence electrons. The lowest BCUT2D eigenvalue weighted by atomic mass is 9.48. The van der Waals surface area contributed by atoms with E-state index in [0.717, 1.165) is 37.0 Å². The third-order valence-electron chi connectivity index (χ3n) is 5.18. The standard InChI is InChI=1S/C14H19NO2S/c15-1-2-18-12(13(16)17)14-6-9-3-10(7-14)5-11(4-9)8-14/h9-12H,2-8H2,(H,16,17). The highest BCUT2D eigenvalue weighted by atomic mass is 32.2. The van der Waals surface area contributed by atoms with E-state index < -0.39 is 5.97 Å². The van der Waals surface area contributed by atoms with Crippen molar-refractivity contribution in [3.05, 3.63) is 0 Å². The molecule has 0 aromatic heterocycles. The molecule has 1 N–H and O–H groups in total. The number of nitriles is 1. The van der Waals surface area contributed by atoms with Crippen molar-refractivity contribution in [3.63, 3.8) is 0 Å². The van der Waals surface area contributed by atoms with E-state index in [1.165, 1.54) is 31.0 Å². The van der Waals surface area contributed by atoms with Crippen LogP contribution in [-0.4, -0.2) is 22.1 Å². The van der Waals surface area contributed by atoms with Gasteiger partial charge in [-0.3, -0.25) is 4.79 Å². The maximum Gasteiger partial charge on any atom is 0.317 e. The van der Waals surface area contributed by atoms with Gasteiger partial charge in [-0.05, 0) is 61.7 Å². The molecule has 18 heavy (non-hydrogen) atoms. The van der Waals surface area contributed by atoms with Crippen LogP contribution in [0.5, 0.6) is 0 Å². The molecule has 4 rings (SSSR count). The van der Waals surface area contributed by atoms with Gasteiger partial charge < -0.3 is 5.11 Å². The number of carboxylic acids is 1. The maximum absolute atomic E-state index is 11.6. The predicted molar refractivity (Wildman–Crippen MR) is 70.1 cm³/mol. The number of thioether (sulfide) groups is 1. The summed E-state index contributed by atoms with van der Waals surface area (Å²) < 4.78 is 0. The molecule has 0 saturated heterocycles. The van der Waals surface area contributed by atoms with Crippen molar-refractivity contribution >= 4 is 17.7 Å². The fraction of sp³-hybridized carbons (Fsp3) is 0.857. The van der Waals surface area contributed by atoms with Gasteiger partial charge in [-0.2, -0.15) is 5.26 Å². The summed E-state index contributed by atoms with van der Waals surface area (Å²) in [6.07, 6.45) is 7.26. The molecule has 0 aromatic rings. The maximum atomic E-state index is 11.6. The second kappa shape index (κ2) is 4.45. The van der Waals surface area contributed by atoms with Crippen molar-refractivity contribution < 1.29 is 9.90 Å². The Hall–Kier alpha value is -0.690. The van der Waals surface area contributed by atoms with E-state index in [0.29, 0.717) is 5.75 Å². The third kappa shape index (κ3) is 1.93. The van der Waals surface area contributed by atoms with Gasteiger partial charge in [-0.25, -0.2) is 0 Å². The average molecular weight is 265 g/mol. The van der Waals surface area contributed by atoms with Gasteiger partial charge in [0, 0.05) is 0 Å². The van der Waals surface area contributed by atoms with Crippen LogP contribution in [0.4, 0.5) is 0 Å². The summed E-state index contributed by atoms with van der Waals surface area (Å²) in [5, 5.41) is 17.9. The summed E-state index contributed by atoms with van der Waals surface area (Å²) in [6, 6.07) is 2.08. The van der Waals surface area contributed by atoms with Crippen LogP contribution in [0, 0.1) is 34.5 Å². The van der Waals surface area contributed by atoms with Crippen LogP contribution in [-0.2, 0) is 4.79 Å². The zero-order valence-corrected chi connectivity index (χ0v) is 11.3. The second-order valence-electron chi connectivity index (χ2n) is 6.47. The van der Waals surface area contributed by atoms with Crippen LogP contribution in [0.25, 0.3) is 0 Å². The first kappa shape index (κ1) is 12.3. The largest absolute Gasteiger partial charge is 0.480 e. The number of hydrogen-bond acceptors (Lipinski definition) is 3. The van der Waals surface area contributed by atoms with Crippen LogP contribution < -0.4 is 0 Å². The Morgan fingerprint density at radius 2 is 1.78 bits per heavy atom. The Morgan fingerprint density at radius 1 is 1.28 bits per heavy atom. The molecule has 3 nitrogen and oxygen atoms in total. The topological polar surface area (TPSA) is 61.1 Å².